The monoisotopic (exact) mass is 229 g/mol. The Morgan fingerprint density at radius 3 is 2.94 bits per heavy atom. The van der Waals surface area contributed by atoms with Gasteiger partial charge in [-0.05, 0) is 18.6 Å². The van der Waals surface area contributed by atoms with Gasteiger partial charge in [0.2, 0.25) is 0 Å². The molecule has 0 bridgehead atoms. The normalized spacial score (nSPS) is 19.6. The molecule has 0 saturated carbocycles. The summed E-state index contributed by atoms with van der Waals surface area (Å²) < 4.78 is 7.61. The maximum Gasteiger partial charge on any atom is 0.139 e. The third-order valence-electron chi connectivity index (χ3n) is 3.13. The number of pyridine rings is 1. The molecule has 3 rings (SSSR count). The zero-order valence-corrected chi connectivity index (χ0v) is 9.62. The maximum atomic E-state index is 5.41. The van der Waals surface area contributed by atoms with Crippen LogP contribution in [0.15, 0.2) is 36.9 Å². The largest absolute Gasteiger partial charge is 0.381 e. The zero-order chi connectivity index (χ0) is 11.5. The molecule has 1 aliphatic rings. The molecule has 1 fully saturated rings. The number of ether oxygens (including phenoxy) is 1. The Morgan fingerprint density at radius 1 is 1.29 bits per heavy atom. The maximum absolute atomic E-state index is 5.41. The quantitative estimate of drug-likeness (QED) is 0.808. The molecule has 0 N–H and O–H groups in total. The van der Waals surface area contributed by atoms with E-state index in [1.54, 1.807) is 12.4 Å². The van der Waals surface area contributed by atoms with E-state index in [0.717, 1.165) is 37.6 Å². The molecule has 3 heterocycles. The van der Waals surface area contributed by atoms with Crippen LogP contribution in [-0.4, -0.2) is 27.7 Å². The van der Waals surface area contributed by atoms with Gasteiger partial charge in [0.15, 0.2) is 0 Å². The Hall–Kier alpha value is -1.68. The van der Waals surface area contributed by atoms with Gasteiger partial charge >= 0.3 is 0 Å². The number of hydrogen-bond donors (Lipinski definition) is 0. The van der Waals surface area contributed by atoms with Crippen LogP contribution in [0, 0.1) is 5.92 Å². The number of rotatable bonds is 3. The van der Waals surface area contributed by atoms with Gasteiger partial charge in [0, 0.05) is 49.4 Å². The third kappa shape index (κ3) is 2.22. The van der Waals surface area contributed by atoms with E-state index >= 15 is 0 Å². The summed E-state index contributed by atoms with van der Waals surface area (Å²) in [6.45, 7) is 2.75. The molecule has 4 nitrogen and oxygen atoms in total. The molecule has 0 aromatic carbocycles. The topological polar surface area (TPSA) is 39.9 Å². The molecule has 0 spiro atoms. The Kier molecular flexibility index (Phi) is 2.88. The van der Waals surface area contributed by atoms with Crippen molar-refractivity contribution in [2.75, 3.05) is 13.2 Å². The molecular weight excluding hydrogens is 214 g/mol. The molecular formula is C13H15N3O. The fourth-order valence-corrected chi connectivity index (χ4v) is 2.22. The second kappa shape index (κ2) is 4.67. The molecule has 2 aromatic heterocycles. The Morgan fingerprint density at radius 2 is 2.18 bits per heavy atom. The number of aromatic nitrogens is 3. The first-order chi connectivity index (χ1) is 8.43. The lowest BCUT2D eigenvalue weighted by Gasteiger charge is -2.11. The highest BCUT2D eigenvalue weighted by Crippen LogP contribution is 2.20. The van der Waals surface area contributed by atoms with Gasteiger partial charge in [-0.1, -0.05) is 0 Å². The van der Waals surface area contributed by atoms with Gasteiger partial charge in [-0.25, -0.2) is 4.98 Å². The van der Waals surface area contributed by atoms with Crippen molar-refractivity contribution >= 4 is 0 Å². The highest BCUT2D eigenvalue weighted by Gasteiger charge is 2.17. The van der Waals surface area contributed by atoms with Crippen molar-refractivity contribution in [2.45, 2.75) is 13.0 Å². The van der Waals surface area contributed by atoms with Crippen molar-refractivity contribution in [3.63, 3.8) is 0 Å². The number of nitrogens with zero attached hydrogens (tertiary/aromatic N) is 3. The van der Waals surface area contributed by atoms with Gasteiger partial charge in [-0.2, -0.15) is 0 Å². The number of hydrogen-bond acceptors (Lipinski definition) is 3. The molecule has 1 atom stereocenters. The van der Waals surface area contributed by atoms with Gasteiger partial charge in [-0.3, -0.25) is 4.98 Å². The summed E-state index contributed by atoms with van der Waals surface area (Å²) in [5.74, 6) is 1.63. The fraction of sp³-hybridized carbons (Fsp3) is 0.385. The summed E-state index contributed by atoms with van der Waals surface area (Å²) in [5.41, 5.74) is 1.11. The summed E-state index contributed by atoms with van der Waals surface area (Å²) in [6.07, 6.45) is 8.63. The third-order valence-corrected chi connectivity index (χ3v) is 3.13. The van der Waals surface area contributed by atoms with Crippen LogP contribution in [-0.2, 0) is 11.3 Å². The van der Waals surface area contributed by atoms with Crippen molar-refractivity contribution in [1.82, 2.24) is 14.5 Å². The summed E-state index contributed by atoms with van der Waals surface area (Å²) in [6, 6.07) is 3.98. The smallest absolute Gasteiger partial charge is 0.139 e. The average Bonchev–Trinajstić information content (AvgIpc) is 3.02. The van der Waals surface area contributed by atoms with Crippen LogP contribution in [0.25, 0.3) is 11.4 Å². The summed E-state index contributed by atoms with van der Waals surface area (Å²) in [4.78, 5) is 8.45. The predicted molar refractivity (Wildman–Crippen MR) is 64.4 cm³/mol. The van der Waals surface area contributed by atoms with E-state index in [1.807, 2.05) is 24.5 Å². The first-order valence-electron chi connectivity index (χ1n) is 5.93. The minimum absolute atomic E-state index is 0.616. The SMILES string of the molecule is c1cc(-c2nccn2C[C@H]2CCOC2)ccn1. The first-order valence-corrected chi connectivity index (χ1v) is 5.93. The van der Waals surface area contributed by atoms with Crippen molar-refractivity contribution in [2.24, 2.45) is 5.92 Å². The lowest BCUT2D eigenvalue weighted by molar-refractivity contribution is 0.182. The van der Waals surface area contributed by atoms with Crippen LogP contribution in [0.2, 0.25) is 0 Å². The first kappa shape index (κ1) is 10.5. The van der Waals surface area contributed by atoms with Crippen LogP contribution in [0.4, 0.5) is 0 Å². The van der Waals surface area contributed by atoms with Gasteiger partial charge in [0.25, 0.3) is 0 Å². The van der Waals surface area contributed by atoms with Crippen molar-refractivity contribution in [1.29, 1.82) is 0 Å². The highest BCUT2D eigenvalue weighted by atomic mass is 16.5. The van der Waals surface area contributed by atoms with Crippen LogP contribution in [0.1, 0.15) is 6.42 Å². The van der Waals surface area contributed by atoms with Gasteiger partial charge in [-0.15, -0.1) is 0 Å². The average molecular weight is 229 g/mol. The lowest BCUT2D eigenvalue weighted by atomic mass is 10.1. The van der Waals surface area contributed by atoms with E-state index in [1.165, 1.54) is 0 Å². The van der Waals surface area contributed by atoms with E-state index in [2.05, 4.69) is 14.5 Å². The lowest BCUT2D eigenvalue weighted by Crippen LogP contribution is -2.11. The summed E-state index contributed by atoms with van der Waals surface area (Å²) in [5, 5.41) is 0. The molecule has 1 aliphatic heterocycles. The van der Waals surface area contributed by atoms with Crippen molar-refractivity contribution < 1.29 is 4.74 Å². The molecule has 2 aromatic rings. The van der Waals surface area contributed by atoms with Crippen molar-refractivity contribution in [3.8, 4) is 11.4 Å². The summed E-state index contributed by atoms with van der Waals surface area (Å²) in [7, 11) is 0. The van der Waals surface area contributed by atoms with Gasteiger partial charge in [0.1, 0.15) is 5.82 Å². The second-order valence-corrected chi connectivity index (χ2v) is 4.37. The molecule has 0 unspecified atom stereocenters. The molecule has 1 saturated heterocycles. The Balaban J connectivity index is 1.84. The Bertz CT molecular complexity index is 474. The Labute approximate surface area is 100 Å². The standard InChI is InChI=1S/C13H15N3O/c1-4-14-5-2-12(1)13-15-6-7-16(13)9-11-3-8-17-10-11/h1-2,4-7,11H,3,8-10H2/t11-/m1/s1. The number of imidazole rings is 1. The van der Waals surface area contributed by atoms with Crippen LogP contribution < -0.4 is 0 Å². The van der Waals surface area contributed by atoms with Crippen LogP contribution in [0.5, 0.6) is 0 Å². The molecule has 17 heavy (non-hydrogen) atoms. The molecule has 4 heteroatoms. The van der Waals surface area contributed by atoms with Gasteiger partial charge < -0.3 is 9.30 Å². The van der Waals surface area contributed by atoms with E-state index in [4.69, 9.17) is 4.74 Å². The molecule has 0 amide bonds. The fourth-order valence-electron chi connectivity index (χ4n) is 2.22. The van der Waals surface area contributed by atoms with Crippen LogP contribution >= 0.6 is 0 Å². The minimum atomic E-state index is 0.616. The highest BCUT2D eigenvalue weighted by molar-refractivity contribution is 5.54. The second-order valence-electron chi connectivity index (χ2n) is 4.37. The minimum Gasteiger partial charge on any atom is -0.381 e. The van der Waals surface area contributed by atoms with E-state index in [-0.39, 0.29) is 0 Å². The molecule has 88 valence electrons. The molecule has 0 aliphatic carbocycles. The summed E-state index contributed by atoms with van der Waals surface area (Å²) >= 11 is 0. The van der Waals surface area contributed by atoms with E-state index in [9.17, 15) is 0 Å². The van der Waals surface area contributed by atoms with E-state index < -0.39 is 0 Å². The van der Waals surface area contributed by atoms with E-state index in [0.29, 0.717) is 5.92 Å². The molecule has 0 radical (unpaired) electrons. The van der Waals surface area contributed by atoms with Gasteiger partial charge in [0.05, 0.1) is 6.61 Å². The van der Waals surface area contributed by atoms with Crippen LogP contribution in [0.3, 0.4) is 0 Å². The van der Waals surface area contributed by atoms with Crippen molar-refractivity contribution in [3.05, 3.63) is 36.9 Å². The zero-order valence-electron chi connectivity index (χ0n) is 9.62. The predicted octanol–water partition coefficient (Wildman–Crippen LogP) is 1.98.